The van der Waals surface area contributed by atoms with Gasteiger partial charge in [-0.25, -0.2) is 5.84 Å². The van der Waals surface area contributed by atoms with Gasteiger partial charge in [-0.3, -0.25) is 10.2 Å². The fourth-order valence-corrected chi connectivity index (χ4v) is 0.890. The second kappa shape index (κ2) is 4.22. The summed E-state index contributed by atoms with van der Waals surface area (Å²) in [5.41, 5.74) is 3.36. The number of rotatable bonds is 2. The van der Waals surface area contributed by atoms with Crippen molar-refractivity contribution in [3.05, 3.63) is 35.4 Å². The maximum absolute atomic E-state index is 11.0. The quantitative estimate of drug-likeness (QED) is 0.248. The van der Waals surface area contributed by atoms with E-state index in [-0.39, 0.29) is 5.91 Å². The van der Waals surface area contributed by atoms with Crippen LogP contribution in [0, 0.1) is 0 Å². The van der Waals surface area contributed by atoms with Crippen LogP contribution in [0.5, 0.6) is 0 Å². The van der Waals surface area contributed by atoms with Gasteiger partial charge in [-0.1, -0.05) is 12.1 Å². The molecule has 1 aromatic carbocycles. The van der Waals surface area contributed by atoms with E-state index in [0.29, 0.717) is 5.56 Å². The Bertz CT molecular complexity index is 317. The molecule has 0 bridgehead atoms. The summed E-state index contributed by atoms with van der Waals surface area (Å²) in [6, 6.07) is 6.72. The van der Waals surface area contributed by atoms with Gasteiger partial charge in [0.1, 0.15) is 0 Å². The molecule has 13 heavy (non-hydrogen) atoms. The molecule has 68 valence electrons. The van der Waals surface area contributed by atoms with Gasteiger partial charge >= 0.3 is 0 Å². The highest BCUT2D eigenvalue weighted by molar-refractivity contribution is 5.94. The molecule has 5 nitrogen and oxygen atoms in total. The molecule has 0 radical (unpaired) electrons. The Kier molecular flexibility index (Phi) is 2.99. The number of nitrogens with one attached hydrogen (secondary N) is 1. The van der Waals surface area contributed by atoms with Crippen molar-refractivity contribution in [3.8, 4) is 0 Å². The molecular formula is C8H10N4O. The van der Waals surface area contributed by atoms with Crippen LogP contribution in [0.1, 0.15) is 15.9 Å². The summed E-state index contributed by atoms with van der Waals surface area (Å²) in [5.74, 6) is 9.59. The lowest BCUT2D eigenvalue weighted by molar-refractivity contribution is 0.0953. The van der Waals surface area contributed by atoms with Crippen molar-refractivity contribution < 1.29 is 4.79 Å². The summed E-state index contributed by atoms with van der Waals surface area (Å²) in [6.07, 6.45) is 1.49. The van der Waals surface area contributed by atoms with E-state index < -0.39 is 0 Å². The first-order valence-corrected chi connectivity index (χ1v) is 3.62. The lowest BCUT2D eigenvalue weighted by Crippen LogP contribution is -2.29. The van der Waals surface area contributed by atoms with Crippen LogP contribution in [0.3, 0.4) is 0 Å². The lowest BCUT2D eigenvalue weighted by atomic mass is 10.1. The van der Waals surface area contributed by atoms with Crippen LogP contribution >= 0.6 is 0 Å². The average molecular weight is 178 g/mol. The number of hydrazone groups is 1. The van der Waals surface area contributed by atoms with Gasteiger partial charge in [0.25, 0.3) is 5.91 Å². The molecule has 0 aliphatic heterocycles. The molecule has 1 aromatic rings. The van der Waals surface area contributed by atoms with Gasteiger partial charge in [-0.15, -0.1) is 0 Å². The van der Waals surface area contributed by atoms with Crippen LogP contribution in [0.4, 0.5) is 0 Å². The second-order valence-corrected chi connectivity index (χ2v) is 2.37. The maximum atomic E-state index is 11.0. The highest BCUT2D eigenvalue weighted by atomic mass is 16.2. The summed E-state index contributed by atoms with van der Waals surface area (Å²) >= 11 is 0. The molecule has 0 spiro atoms. The van der Waals surface area contributed by atoms with Crippen molar-refractivity contribution in [3.63, 3.8) is 0 Å². The molecule has 5 N–H and O–H groups in total. The van der Waals surface area contributed by atoms with Gasteiger partial charge in [0.15, 0.2) is 0 Å². The molecule has 0 aromatic heterocycles. The number of hydrazine groups is 1. The zero-order valence-electron chi connectivity index (χ0n) is 6.90. The first kappa shape index (κ1) is 9.21. The van der Waals surface area contributed by atoms with Crippen LogP contribution in [-0.2, 0) is 0 Å². The van der Waals surface area contributed by atoms with Gasteiger partial charge in [0.05, 0.1) is 6.21 Å². The first-order chi connectivity index (χ1) is 6.27. The Labute approximate surface area is 75.4 Å². The van der Waals surface area contributed by atoms with Crippen molar-refractivity contribution >= 4 is 12.1 Å². The highest BCUT2D eigenvalue weighted by Gasteiger charge is 2.00. The van der Waals surface area contributed by atoms with E-state index in [2.05, 4.69) is 5.10 Å². The number of nitrogens with zero attached hydrogens (tertiary/aromatic N) is 1. The number of nitrogens with two attached hydrogens (primary N) is 2. The van der Waals surface area contributed by atoms with E-state index in [4.69, 9.17) is 11.7 Å². The smallest absolute Gasteiger partial charge is 0.265 e. The molecule has 0 aliphatic carbocycles. The van der Waals surface area contributed by atoms with Gasteiger partial charge in [-0.05, 0) is 17.7 Å². The van der Waals surface area contributed by atoms with E-state index in [1.165, 1.54) is 6.21 Å². The predicted octanol–water partition coefficient (Wildman–Crippen LogP) is -0.417. The Morgan fingerprint density at radius 3 is 2.46 bits per heavy atom. The topological polar surface area (TPSA) is 93.5 Å². The third kappa shape index (κ3) is 2.28. The van der Waals surface area contributed by atoms with Crippen molar-refractivity contribution in [1.29, 1.82) is 0 Å². The number of hydrogen-bond donors (Lipinski definition) is 3. The fourth-order valence-electron chi connectivity index (χ4n) is 0.890. The molecule has 0 heterocycles. The van der Waals surface area contributed by atoms with E-state index in [1.54, 1.807) is 24.3 Å². The van der Waals surface area contributed by atoms with Gasteiger partial charge in [-0.2, -0.15) is 5.10 Å². The predicted molar refractivity (Wildman–Crippen MR) is 49.9 cm³/mol. The van der Waals surface area contributed by atoms with E-state index in [9.17, 15) is 4.79 Å². The molecule has 0 aliphatic rings. The molecule has 0 fully saturated rings. The van der Waals surface area contributed by atoms with Crippen LogP contribution in [-0.4, -0.2) is 12.1 Å². The standard InChI is InChI=1S/C8H10N4O/c9-11-5-6-1-3-7(4-2-6)8(13)12-10/h1-5H,9-10H2,(H,12,13). The molecular weight excluding hydrogens is 168 g/mol. The fraction of sp³-hybridized carbons (Fsp3) is 0. The third-order valence-corrected chi connectivity index (χ3v) is 1.53. The number of benzene rings is 1. The summed E-state index contributed by atoms with van der Waals surface area (Å²) in [7, 11) is 0. The zero-order chi connectivity index (χ0) is 9.68. The number of amides is 1. The van der Waals surface area contributed by atoms with E-state index >= 15 is 0 Å². The van der Waals surface area contributed by atoms with Crippen LogP contribution in [0.2, 0.25) is 0 Å². The van der Waals surface area contributed by atoms with Crippen molar-refractivity contribution in [2.45, 2.75) is 0 Å². The maximum Gasteiger partial charge on any atom is 0.265 e. The normalized spacial score (nSPS) is 10.2. The molecule has 0 unspecified atom stereocenters. The number of carbonyl (C=O) groups excluding carboxylic acids is 1. The Balaban J connectivity index is 2.87. The number of carbonyl (C=O) groups is 1. The lowest BCUT2D eigenvalue weighted by Gasteiger charge is -1.98. The number of hydrogen-bond acceptors (Lipinski definition) is 4. The Morgan fingerprint density at radius 1 is 1.38 bits per heavy atom. The van der Waals surface area contributed by atoms with E-state index in [1.807, 2.05) is 5.43 Å². The summed E-state index contributed by atoms with van der Waals surface area (Å²) in [4.78, 5) is 11.0. The first-order valence-electron chi connectivity index (χ1n) is 3.62. The van der Waals surface area contributed by atoms with Gasteiger partial charge in [0, 0.05) is 5.56 Å². The second-order valence-electron chi connectivity index (χ2n) is 2.37. The Hall–Kier alpha value is -1.88. The third-order valence-electron chi connectivity index (χ3n) is 1.53. The van der Waals surface area contributed by atoms with Gasteiger partial charge in [0.2, 0.25) is 0 Å². The SMILES string of the molecule is NN=Cc1ccc(C(=O)NN)cc1. The molecule has 1 rings (SSSR count). The molecule has 5 heteroatoms. The van der Waals surface area contributed by atoms with Crippen molar-refractivity contribution in [2.24, 2.45) is 16.8 Å². The summed E-state index contributed by atoms with van der Waals surface area (Å²) in [5, 5.41) is 3.35. The minimum atomic E-state index is -0.323. The van der Waals surface area contributed by atoms with Crippen molar-refractivity contribution in [2.75, 3.05) is 0 Å². The van der Waals surface area contributed by atoms with Gasteiger partial charge < -0.3 is 5.84 Å². The minimum absolute atomic E-state index is 0.323. The van der Waals surface area contributed by atoms with Crippen LogP contribution in [0.15, 0.2) is 29.4 Å². The summed E-state index contributed by atoms with van der Waals surface area (Å²) < 4.78 is 0. The summed E-state index contributed by atoms with van der Waals surface area (Å²) in [6.45, 7) is 0. The average Bonchev–Trinajstić information content (AvgIpc) is 2.18. The largest absolute Gasteiger partial charge is 0.323 e. The van der Waals surface area contributed by atoms with Crippen molar-refractivity contribution in [1.82, 2.24) is 5.43 Å². The molecule has 0 saturated heterocycles. The monoisotopic (exact) mass is 178 g/mol. The molecule has 0 atom stereocenters. The highest BCUT2D eigenvalue weighted by Crippen LogP contribution is 2.01. The minimum Gasteiger partial charge on any atom is -0.323 e. The Morgan fingerprint density at radius 2 is 2.00 bits per heavy atom. The number of nitrogen functional groups attached to an aromatic ring is 1. The van der Waals surface area contributed by atoms with E-state index in [0.717, 1.165) is 5.56 Å². The molecule has 1 amide bonds. The zero-order valence-corrected chi connectivity index (χ0v) is 6.90. The molecule has 0 saturated carbocycles. The van der Waals surface area contributed by atoms with Crippen LogP contribution in [0.25, 0.3) is 0 Å². The van der Waals surface area contributed by atoms with Crippen LogP contribution < -0.4 is 17.1 Å².